The highest BCUT2D eigenvalue weighted by molar-refractivity contribution is 7.11. The number of hydrogen-bond acceptors (Lipinski definition) is 6. The molecule has 2 aromatic heterocycles. The quantitative estimate of drug-likeness (QED) is 0.623. The summed E-state index contributed by atoms with van der Waals surface area (Å²) in [5.41, 5.74) is 0. The monoisotopic (exact) mass is 322 g/mol. The van der Waals surface area contributed by atoms with Gasteiger partial charge < -0.3 is 15.2 Å². The molecule has 7 nitrogen and oxygen atoms in total. The van der Waals surface area contributed by atoms with Gasteiger partial charge in [0.25, 0.3) is 0 Å². The topological polar surface area (TPSA) is 88.2 Å². The van der Waals surface area contributed by atoms with Gasteiger partial charge in [-0.05, 0) is 6.92 Å². The van der Waals surface area contributed by atoms with E-state index < -0.39 is 0 Å². The van der Waals surface area contributed by atoms with E-state index in [9.17, 15) is 0 Å². The van der Waals surface area contributed by atoms with Crippen LogP contribution in [0.2, 0.25) is 0 Å². The average molecular weight is 322 g/mol. The van der Waals surface area contributed by atoms with Gasteiger partial charge in [-0.2, -0.15) is 4.98 Å². The molecular formula is C14H22N6OS. The second kappa shape index (κ2) is 7.88. The molecule has 0 amide bonds. The zero-order valence-corrected chi connectivity index (χ0v) is 14.2. The van der Waals surface area contributed by atoms with Crippen LogP contribution < -0.4 is 10.6 Å². The third kappa shape index (κ3) is 4.80. The minimum Gasteiger partial charge on any atom is -0.356 e. The molecule has 0 spiro atoms. The van der Waals surface area contributed by atoms with Gasteiger partial charge in [0.2, 0.25) is 5.89 Å². The predicted octanol–water partition coefficient (Wildman–Crippen LogP) is 1.87. The van der Waals surface area contributed by atoms with E-state index in [2.05, 4.69) is 30.8 Å². The Labute approximate surface area is 134 Å². The third-order valence-corrected chi connectivity index (χ3v) is 3.84. The largest absolute Gasteiger partial charge is 0.356 e. The van der Waals surface area contributed by atoms with Crippen LogP contribution in [0.3, 0.4) is 0 Å². The summed E-state index contributed by atoms with van der Waals surface area (Å²) in [4.78, 5) is 14.0. The molecule has 2 N–H and O–H groups in total. The fourth-order valence-corrected chi connectivity index (χ4v) is 2.48. The van der Waals surface area contributed by atoms with E-state index in [1.807, 2.05) is 27.0 Å². The highest BCUT2D eigenvalue weighted by Crippen LogP contribution is 2.10. The van der Waals surface area contributed by atoms with Crippen LogP contribution in [0.1, 0.15) is 41.4 Å². The number of nitrogens with one attached hydrogen (secondary N) is 2. The Bertz CT molecular complexity index is 618. The lowest BCUT2D eigenvalue weighted by atomic mass is 10.2. The minimum absolute atomic E-state index is 0.279. The van der Waals surface area contributed by atoms with Gasteiger partial charge in [-0.15, -0.1) is 11.3 Å². The Morgan fingerprint density at radius 3 is 2.82 bits per heavy atom. The van der Waals surface area contributed by atoms with Gasteiger partial charge in [0, 0.05) is 37.0 Å². The summed E-state index contributed by atoms with van der Waals surface area (Å²) in [5, 5.41) is 11.4. The molecule has 2 rings (SSSR count). The SMILES string of the molecule is CN=C(NCCc1nc(C(C)C)no1)NCc1ncc(C)s1. The zero-order chi connectivity index (χ0) is 15.9. The summed E-state index contributed by atoms with van der Waals surface area (Å²) in [6, 6.07) is 0. The van der Waals surface area contributed by atoms with Crippen molar-refractivity contribution in [2.24, 2.45) is 4.99 Å². The first-order chi connectivity index (χ1) is 10.6. The van der Waals surface area contributed by atoms with Gasteiger partial charge in [0.05, 0.1) is 6.54 Å². The minimum atomic E-state index is 0.279. The molecule has 0 atom stereocenters. The maximum absolute atomic E-state index is 5.20. The summed E-state index contributed by atoms with van der Waals surface area (Å²) in [7, 11) is 1.74. The van der Waals surface area contributed by atoms with E-state index in [-0.39, 0.29) is 5.92 Å². The van der Waals surface area contributed by atoms with Crippen molar-refractivity contribution in [2.75, 3.05) is 13.6 Å². The highest BCUT2D eigenvalue weighted by atomic mass is 32.1. The van der Waals surface area contributed by atoms with Gasteiger partial charge in [-0.25, -0.2) is 4.98 Å². The predicted molar refractivity (Wildman–Crippen MR) is 87.1 cm³/mol. The number of aromatic nitrogens is 3. The highest BCUT2D eigenvalue weighted by Gasteiger charge is 2.09. The fourth-order valence-electron chi connectivity index (χ4n) is 1.76. The summed E-state index contributed by atoms with van der Waals surface area (Å²) in [5.74, 6) is 2.40. The molecule has 0 bridgehead atoms. The van der Waals surface area contributed by atoms with Crippen LogP contribution in [0.5, 0.6) is 0 Å². The molecule has 2 heterocycles. The first-order valence-electron chi connectivity index (χ1n) is 7.26. The molecule has 120 valence electrons. The summed E-state index contributed by atoms with van der Waals surface area (Å²) >= 11 is 1.68. The van der Waals surface area contributed by atoms with E-state index in [0.29, 0.717) is 25.4 Å². The Kier molecular flexibility index (Phi) is 5.88. The Morgan fingerprint density at radius 1 is 1.41 bits per heavy atom. The van der Waals surface area contributed by atoms with Crippen molar-refractivity contribution in [3.05, 3.63) is 27.8 Å². The maximum atomic E-state index is 5.20. The maximum Gasteiger partial charge on any atom is 0.228 e. The molecular weight excluding hydrogens is 300 g/mol. The van der Waals surface area contributed by atoms with Gasteiger partial charge in [0.1, 0.15) is 5.01 Å². The van der Waals surface area contributed by atoms with Crippen molar-refractivity contribution in [1.82, 2.24) is 25.8 Å². The lowest BCUT2D eigenvalue weighted by Crippen LogP contribution is -2.37. The number of guanidine groups is 1. The van der Waals surface area contributed by atoms with E-state index >= 15 is 0 Å². The van der Waals surface area contributed by atoms with E-state index in [1.54, 1.807) is 18.4 Å². The Hall–Kier alpha value is -1.96. The fraction of sp³-hybridized carbons (Fsp3) is 0.571. The summed E-state index contributed by atoms with van der Waals surface area (Å²) in [6.07, 6.45) is 2.54. The number of aliphatic imine (C=N–C) groups is 1. The second-order valence-electron chi connectivity index (χ2n) is 5.17. The van der Waals surface area contributed by atoms with E-state index in [0.717, 1.165) is 16.8 Å². The average Bonchev–Trinajstić information content (AvgIpc) is 3.11. The molecule has 0 saturated carbocycles. The molecule has 0 saturated heterocycles. The van der Waals surface area contributed by atoms with E-state index in [4.69, 9.17) is 4.52 Å². The lowest BCUT2D eigenvalue weighted by molar-refractivity contribution is 0.371. The summed E-state index contributed by atoms with van der Waals surface area (Å²) in [6.45, 7) is 7.47. The first kappa shape index (κ1) is 16.4. The van der Waals surface area contributed by atoms with Crippen LogP contribution in [0.4, 0.5) is 0 Å². The van der Waals surface area contributed by atoms with Crippen molar-refractivity contribution in [3.8, 4) is 0 Å². The first-order valence-corrected chi connectivity index (χ1v) is 8.08. The van der Waals surface area contributed by atoms with Crippen LogP contribution in [0, 0.1) is 6.92 Å². The number of rotatable bonds is 6. The molecule has 0 unspecified atom stereocenters. The van der Waals surface area contributed by atoms with Gasteiger partial charge >= 0.3 is 0 Å². The normalized spacial score (nSPS) is 12.0. The van der Waals surface area contributed by atoms with Crippen LogP contribution in [-0.4, -0.2) is 34.7 Å². The second-order valence-corrected chi connectivity index (χ2v) is 6.49. The van der Waals surface area contributed by atoms with Crippen molar-refractivity contribution >= 4 is 17.3 Å². The van der Waals surface area contributed by atoms with Gasteiger partial charge in [0.15, 0.2) is 11.8 Å². The number of thiazole rings is 1. The number of aryl methyl sites for hydroxylation is 1. The molecule has 0 fully saturated rings. The van der Waals surface area contributed by atoms with Crippen LogP contribution in [0.15, 0.2) is 15.7 Å². The molecule has 8 heteroatoms. The Balaban J connectivity index is 1.74. The summed E-state index contributed by atoms with van der Waals surface area (Å²) < 4.78 is 5.20. The lowest BCUT2D eigenvalue weighted by Gasteiger charge is -2.09. The van der Waals surface area contributed by atoms with E-state index in [1.165, 1.54) is 4.88 Å². The number of nitrogens with zero attached hydrogens (tertiary/aromatic N) is 4. The molecule has 0 aliphatic carbocycles. The van der Waals surface area contributed by atoms with Crippen molar-refractivity contribution in [3.63, 3.8) is 0 Å². The third-order valence-electron chi connectivity index (χ3n) is 2.93. The van der Waals surface area contributed by atoms with Crippen LogP contribution in [0.25, 0.3) is 0 Å². The van der Waals surface area contributed by atoms with Crippen molar-refractivity contribution < 1.29 is 4.52 Å². The van der Waals surface area contributed by atoms with Gasteiger partial charge in [-0.3, -0.25) is 4.99 Å². The number of hydrogen-bond donors (Lipinski definition) is 2. The molecule has 2 aromatic rings. The zero-order valence-electron chi connectivity index (χ0n) is 13.4. The van der Waals surface area contributed by atoms with Gasteiger partial charge in [-0.1, -0.05) is 19.0 Å². The smallest absolute Gasteiger partial charge is 0.228 e. The molecule has 22 heavy (non-hydrogen) atoms. The van der Waals surface area contributed by atoms with Crippen molar-refractivity contribution in [1.29, 1.82) is 0 Å². The molecule has 0 aliphatic heterocycles. The standard InChI is InChI=1S/C14H22N6OS/c1-9(2)13-19-11(21-20-13)5-6-16-14(15-4)18-8-12-17-7-10(3)22-12/h7,9H,5-6,8H2,1-4H3,(H2,15,16,18). The molecule has 0 aromatic carbocycles. The van der Waals surface area contributed by atoms with Crippen molar-refractivity contribution in [2.45, 2.75) is 39.7 Å². The van der Waals surface area contributed by atoms with Crippen LogP contribution >= 0.6 is 11.3 Å². The molecule has 0 radical (unpaired) electrons. The molecule has 0 aliphatic rings. The Morgan fingerprint density at radius 2 is 2.23 bits per heavy atom. The van der Waals surface area contributed by atoms with Crippen LogP contribution in [-0.2, 0) is 13.0 Å².